The Morgan fingerprint density at radius 3 is 2.77 bits per heavy atom. The summed E-state index contributed by atoms with van der Waals surface area (Å²) < 4.78 is 44.6. The third kappa shape index (κ3) is 3.98. The highest BCUT2D eigenvalue weighted by molar-refractivity contribution is 7.89. The van der Waals surface area contributed by atoms with Crippen LogP contribution < -0.4 is 14.8 Å². The molecule has 1 aromatic heterocycles. The summed E-state index contributed by atoms with van der Waals surface area (Å²) in [5.41, 5.74) is 0.615. The van der Waals surface area contributed by atoms with Crippen molar-refractivity contribution in [1.29, 1.82) is 0 Å². The van der Waals surface area contributed by atoms with E-state index in [-0.39, 0.29) is 30.5 Å². The number of aromatic nitrogens is 1. The molecular weight excluding hydrogens is 426 g/mol. The monoisotopic (exact) mass is 449 g/mol. The zero-order valence-electron chi connectivity index (χ0n) is 17.2. The predicted molar refractivity (Wildman–Crippen MR) is 109 cm³/mol. The number of amides is 1. The second-order valence-corrected chi connectivity index (χ2v) is 9.11. The quantitative estimate of drug-likeness (QED) is 0.668. The number of esters is 1. The van der Waals surface area contributed by atoms with Gasteiger partial charge >= 0.3 is 5.97 Å². The fourth-order valence-corrected chi connectivity index (χ4v) is 5.44. The van der Waals surface area contributed by atoms with E-state index < -0.39 is 27.9 Å². The number of benzene rings is 1. The highest BCUT2D eigenvalue weighted by atomic mass is 32.2. The van der Waals surface area contributed by atoms with Crippen LogP contribution in [0, 0.1) is 0 Å². The van der Waals surface area contributed by atoms with E-state index in [0.29, 0.717) is 30.0 Å². The van der Waals surface area contributed by atoms with Gasteiger partial charge in [0.1, 0.15) is 16.6 Å². The molecule has 1 atom stereocenters. The summed E-state index contributed by atoms with van der Waals surface area (Å²) in [6, 6.07) is 5.40. The van der Waals surface area contributed by atoms with Gasteiger partial charge in [-0.25, -0.2) is 13.2 Å². The van der Waals surface area contributed by atoms with Gasteiger partial charge in [0.05, 0.1) is 6.61 Å². The minimum absolute atomic E-state index is 0.0548. The lowest BCUT2D eigenvalue weighted by Crippen LogP contribution is -2.43. The first kappa shape index (κ1) is 21.2. The van der Waals surface area contributed by atoms with E-state index in [9.17, 15) is 18.0 Å². The fourth-order valence-electron chi connectivity index (χ4n) is 3.71. The Kier molecular flexibility index (Phi) is 5.63. The number of anilines is 1. The van der Waals surface area contributed by atoms with Gasteiger partial charge in [-0.05, 0) is 38.0 Å². The number of carbonyl (C=O) groups is 2. The van der Waals surface area contributed by atoms with Gasteiger partial charge in [-0.2, -0.15) is 4.31 Å². The van der Waals surface area contributed by atoms with Crippen LogP contribution in [-0.4, -0.2) is 55.2 Å². The van der Waals surface area contributed by atoms with E-state index in [1.54, 1.807) is 32.2 Å². The summed E-state index contributed by atoms with van der Waals surface area (Å²) in [6.45, 7) is 2.18. The molecule has 2 aromatic rings. The maximum Gasteiger partial charge on any atom is 0.354 e. The van der Waals surface area contributed by atoms with Gasteiger partial charge in [0.15, 0.2) is 11.5 Å². The van der Waals surface area contributed by atoms with Gasteiger partial charge in [-0.1, -0.05) is 0 Å². The first-order valence-electron chi connectivity index (χ1n) is 9.87. The summed E-state index contributed by atoms with van der Waals surface area (Å²) in [5.74, 6) is 0.0699. The Hall–Kier alpha value is -3.05. The number of hydrogen-bond donors (Lipinski definition) is 1. The molecule has 10 nitrogen and oxygen atoms in total. The fraction of sp³-hybridized carbons (Fsp3) is 0.400. The molecule has 1 amide bonds. The number of rotatable bonds is 6. The van der Waals surface area contributed by atoms with Crippen LogP contribution in [0.3, 0.4) is 0 Å². The molecular formula is C20H23N3O7S. The van der Waals surface area contributed by atoms with Crippen LogP contribution in [0.5, 0.6) is 11.5 Å². The van der Waals surface area contributed by atoms with Crippen molar-refractivity contribution in [2.45, 2.75) is 30.7 Å². The lowest BCUT2D eigenvalue weighted by Gasteiger charge is -2.23. The Labute approximate surface area is 179 Å². The van der Waals surface area contributed by atoms with E-state index >= 15 is 0 Å². The average Bonchev–Trinajstić information content (AvgIpc) is 3.47. The molecule has 1 N–H and O–H groups in total. The zero-order valence-corrected chi connectivity index (χ0v) is 18.0. The van der Waals surface area contributed by atoms with E-state index in [1.807, 2.05) is 0 Å². The molecule has 3 heterocycles. The van der Waals surface area contributed by atoms with E-state index in [1.165, 1.54) is 21.1 Å². The van der Waals surface area contributed by atoms with Crippen LogP contribution in [0.4, 0.5) is 5.69 Å². The topological polar surface area (TPSA) is 116 Å². The number of nitrogens with zero attached hydrogens (tertiary/aromatic N) is 2. The van der Waals surface area contributed by atoms with Gasteiger partial charge in [0.2, 0.25) is 22.7 Å². The molecule has 31 heavy (non-hydrogen) atoms. The number of ether oxygens (including phenoxy) is 3. The molecule has 166 valence electrons. The van der Waals surface area contributed by atoms with E-state index in [2.05, 4.69) is 5.32 Å². The molecule has 0 spiro atoms. The highest BCUT2D eigenvalue weighted by Crippen LogP contribution is 2.35. The minimum atomic E-state index is -3.99. The van der Waals surface area contributed by atoms with Gasteiger partial charge < -0.3 is 24.1 Å². The van der Waals surface area contributed by atoms with Crippen molar-refractivity contribution < 1.29 is 32.2 Å². The molecule has 4 rings (SSSR count). The molecule has 1 saturated heterocycles. The molecule has 0 aliphatic carbocycles. The summed E-state index contributed by atoms with van der Waals surface area (Å²) in [4.78, 5) is 24.9. The van der Waals surface area contributed by atoms with E-state index in [4.69, 9.17) is 14.2 Å². The Balaban J connectivity index is 1.54. The molecule has 2 aliphatic heterocycles. The average molecular weight is 449 g/mol. The van der Waals surface area contributed by atoms with Crippen LogP contribution in [0.2, 0.25) is 0 Å². The largest absolute Gasteiger partial charge is 0.461 e. The first-order valence-corrected chi connectivity index (χ1v) is 11.3. The van der Waals surface area contributed by atoms with Crippen molar-refractivity contribution in [3.05, 3.63) is 36.2 Å². The number of fused-ring (bicyclic) bond motifs is 1. The van der Waals surface area contributed by atoms with Crippen molar-refractivity contribution in [3.63, 3.8) is 0 Å². The number of sulfonamides is 1. The zero-order chi connectivity index (χ0) is 22.2. The molecule has 11 heteroatoms. The predicted octanol–water partition coefficient (Wildman–Crippen LogP) is 1.72. The van der Waals surface area contributed by atoms with Crippen LogP contribution in [0.1, 0.15) is 30.3 Å². The van der Waals surface area contributed by atoms with Crippen molar-refractivity contribution in [3.8, 4) is 11.5 Å². The van der Waals surface area contributed by atoms with Gasteiger partial charge in [-0.3, -0.25) is 4.79 Å². The number of aryl methyl sites for hydroxylation is 1. The highest BCUT2D eigenvalue weighted by Gasteiger charge is 2.40. The summed E-state index contributed by atoms with van der Waals surface area (Å²) >= 11 is 0. The Bertz CT molecular complexity index is 1130. The van der Waals surface area contributed by atoms with Crippen LogP contribution in [0.25, 0.3) is 0 Å². The minimum Gasteiger partial charge on any atom is -0.461 e. The van der Waals surface area contributed by atoms with Crippen molar-refractivity contribution >= 4 is 27.6 Å². The normalized spacial score (nSPS) is 18.2. The standard InChI is InChI=1S/C20H23N3O7S/c1-3-28-20(25)16-10-14(11-22(16)2)31(26,27)23-8-4-5-15(23)19(24)21-13-6-7-17-18(9-13)30-12-29-17/h6-7,9-11,15H,3-5,8,12H2,1-2H3,(H,21,24)/t15-/m0/s1. The molecule has 1 aromatic carbocycles. The van der Waals surface area contributed by atoms with Crippen molar-refractivity contribution in [2.24, 2.45) is 7.05 Å². The molecule has 0 radical (unpaired) electrons. The maximum atomic E-state index is 13.2. The Morgan fingerprint density at radius 2 is 2.00 bits per heavy atom. The summed E-state index contributed by atoms with van der Waals surface area (Å²) in [5, 5.41) is 2.76. The maximum absolute atomic E-state index is 13.2. The SMILES string of the molecule is CCOC(=O)c1cc(S(=O)(=O)N2CCC[C@H]2C(=O)Nc2ccc3c(c2)OCO3)cn1C. The summed E-state index contributed by atoms with van der Waals surface area (Å²) in [7, 11) is -2.42. The first-order chi connectivity index (χ1) is 14.8. The van der Waals surface area contributed by atoms with Gasteiger partial charge in [0, 0.05) is 31.5 Å². The third-order valence-corrected chi connectivity index (χ3v) is 7.09. The molecule has 0 saturated carbocycles. The Morgan fingerprint density at radius 1 is 1.23 bits per heavy atom. The van der Waals surface area contributed by atoms with E-state index in [0.717, 1.165) is 0 Å². The third-order valence-electron chi connectivity index (χ3n) is 5.22. The summed E-state index contributed by atoms with van der Waals surface area (Å²) in [6.07, 6.45) is 2.30. The van der Waals surface area contributed by atoms with Gasteiger partial charge in [-0.15, -0.1) is 0 Å². The number of carbonyl (C=O) groups excluding carboxylic acids is 2. The van der Waals surface area contributed by atoms with Gasteiger partial charge in [0.25, 0.3) is 0 Å². The number of hydrogen-bond acceptors (Lipinski definition) is 7. The van der Waals surface area contributed by atoms with Crippen LogP contribution in [0.15, 0.2) is 35.4 Å². The molecule has 1 fully saturated rings. The van der Waals surface area contributed by atoms with Crippen molar-refractivity contribution in [2.75, 3.05) is 25.3 Å². The molecule has 2 aliphatic rings. The number of nitrogens with one attached hydrogen (secondary N) is 1. The second kappa shape index (κ2) is 8.23. The lowest BCUT2D eigenvalue weighted by molar-refractivity contribution is -0.119. The molecule has 0 bridgehead atoms. The molecule has 0 unspecified atom stereocenters. The van der Waals surface area contributed by atoms with Crippen molar-refractivity contribution in [1.82, 2.24) is 8.87 Å². The lowest BCUT2D eigenvalue weighted by atomic mass is 10.2. The van der Waals surface area contributed by atoms with Crippen LogP contribution in [-0.2, 0) is 26.6 Å². The van der Waals surface area contributed by atoms with Crippen LogP contribution >= 0.6 is 0 Å². The smallest absolute Gasteiger partial charge is 0.354 e. The second-order valence-electron chi connectivity index (χ2n) is 7.22.